The van der Waals surface area contributed by atoms with Crippen molar-refractivity contribution in [3.8, 4) is 0 Å². The molecule has 0 saturated heterocycles. The lowest BCUT2D eigenvalue weighted by molar-refractivity contribution is -0.272. The molecule has 1 heterocycles. The lowest BCUT2D eigenvalue weighted by Gasteiger charge is -2.39. The zero-order valence-corrected chi connectivity index (χ0v) is 23.4. The number of carbonyl (C=O) groups is 1. The molecule has 0 radical (unpaired) electrons. The highest BCUT2D eigenvalue weighted by Gasteiger charge is 2.54. The Morgan fingerprint density at radius 2 is 1.77 bits per heavy atom. The van der Waals surface area contributed by atoms with Gasteiger partial charge in [-0.25, -0.2) is 8.42 Å². The van der Waals surface area contributed by atoms with Crippen LogP contribution in [0.5, 0.6) is 0 Å². The number of nitrogens with zero attached hydrogens (tertiary/aromatic N) is 1. The number of carbonyl (C=O) groups excluding carboxylic acids is 1. The van der Waals surface area contributed by atoms with Crippen molar-refractivity contribution in [3.05, 3.63) is 64.7 Å². The van der Waals surface area contributed by atoms with Gasteiger partial charge in [-0.3, -0.25) is 9.69 Å². The van der Waals surface area contributed by atoms with Crippen LogP contribution in [-0.2, 0) is 22.9 Å². The van der Waals surface area contributed by atoms with E-state index in [-0.39, 0.29) is 53.8 Å². The summed E-state index contributed by atoms with van der Waals surface area (Å²) >= 11 is 0. The Balaban J connectivity index is 1.39. The van der Waals surface area contributed by atoms with Crippen molar-refractivity contribution in [2.24, 2.45) is 11.8 Å². The molecule has 214 valence electrons. The van der Waals surface area contributed by atoms with E-state index in [1.165, 1.54) is 0 Å². The second kappa shape index (κ2) is 11.2. The molecule has 1 amide bonds. The van der Waals surface area contributed by atoms with Crippen molar-refractivity contribution in [2.75, 3.05) is 12.3 Å². The van der Waals surface area contributed by atoms with E-state index in [1.54, 1.807) is 37.3 Å². The number of alkyl halides is 3. The maximum Gasteiger partial charge on any atom is 0.417 e. The fourth-order valence-corrected chi connectivity index (χ4v) is 6.75. The van der Waals surface area contributed by atoms with Crippen LogP contribution in [0.15, 0.2) is 47.4 Å². The molecule has 2 aromatic carbocycles. The van der Waals surface area contributed by atoms with Gasteiger partial charge in [0.25, 0.3) is 5.91 Å². The van der Waals surface area contributed by atoms with Crippen molar-refractivity contribution < 1.29 is 31.5 Å². The largest absolute Gasteiger partial charge is 0.417 e. The van der Waals surface area contributed by atoms with Gasteiger partial charge in [0.1, 0.15) is 0 Å². The summed E-state index contributed by atoms with van der Waals surface area (Å²) in [5.41, 5.74) is 0.911. The second-order valence-electron chi connectivity index (χ2n) is 11.2. The molecule has 1 saturated carbocycles. The van der Waals surface area contributed by atoms with Gasteiger partial charge in [0.05, 0.1) is 10.6 Å². The minimum atomic E-state index is -4.60. The third-order valence-electron chi connectivity index (χ3n) is 8.19. The summed E-state index contributed by atoms with van der Waals surface area (Å²) in [5.74, 6) is 0.144. The third kappa shape index (κ3) is 6.33. The normalized spacial score (nSPS) is 24.1. The summed E-state index contributed by atoms with van der Waals surface area (Å²) in [6.45, 7) is 7.36. The van der Waals surface area contributed by atoms with Crippen LogP contribution in [-0.4, -0.2) is 48.4 Å². The number of hydrogen-bond acceptors (Lipinski definition) is 5. The van der Waals surface area contributed by atoms with Gasteiger partial charge in [0.2, 0.25) is 0 Å². The summed E-state index contributed by atoms with van der Waals surface area (Å²) in [4.78, 5) is 15.5. The lowest BCUT2D eigenvalue weighted by Crippen LogP contribution is -2.48. The first-order valence-corrected chi connectivity index (χ1v) is 15.1. The van der Waals surface area contributed by atoms with Crippen LogP contribution in [0.4, 0.5) is 13.2 Å². The molecule has 1 aliphatic carbocycles. The van der Waals surface area contributed by atoms with Crippen LogP contribution in [0.2, 0.25) is 0 Å². The first kappa shape index (κ1) is 29.6. The highest BCUT2D eigenvalue weighted by atomic mass is 32.2. The molecule has 10 heteroatoms. The van der Waals surface area contributed by atoms with E-state index in [0.717, 1.165) is 16.7 Å². The topological polar surface area (TPSA) is 86.7 Å². The van der Waals surface area contributed by atoms with Gasteiger partial charge >= 0.3 is 6.18 Å². The van der Waals surface area contributed by atoms with Gasteiger partial charge in [0.15, 0.2) is 15.4 Å². The summed E-state index contributed by atoms with van der Waals surface area (Å²) in [6, 6.07) is 12.3. The third-order valence-corrected chi connectivity index (χ3v) is 9.94. The fraction of sp³-hybridized carbons (Fsp3) is 0.552. The van der Waals surface area contributed by atoms with Crippen molar-refractivity contribution in [2.45, 2.75) is 82.3 Å². The Hall–Kier alpha value is -2.43. The summed E-state index contributed by atoms with van der Waals surface area (Å²) < 4.78 is 63.6. The maximum absolute atomic E-state index is 13.2. The first-order chi connectivity index (χ1) is 18.2. The Morgan fingerprint density at radius 3 is 2.33 bits per heavy atom. The number of hydrogen-bond donors (Lipinski definition) is 2. The number of amides is 1. The monoisotopic (exact) mass is 566 g/mol. The molecule has 6 nitrogen and oxygen atoms in total. The van der Waals surface area contributed by atoms with Gasteiger partial charge < -0.3 is 10.4 Å². The van der Waals surface area contributed by atoms with Gasteiger partial charge in [-0.1, -0.05) is 39.0 Å². The van der Waals surface area contributed by atoms with Crippen LogP contribution in [0.1, 0.15) is 79.5 Å². The molecule has 2 aliphatic rings. The number of nitrogens with one attached hydrogen (secondary N) is 1. The van der Waals surface area contributed by atoms with Crippen molar-refractivity contribution >= 4 is 15.7 Å². The van der Waals surface area contributed by atoms with Crippen LogP contribution >= 0.6 is 0 Å². The number of aliphatic hydroxyl groups is 1. The van der Waals surface area contributed by atoms with E-state index in [9.17, 15) is 31.5 Å². The quantitative estimate of drug-likeness (QED) is 0.447. The summed E-state index contributed by atoms with van der Waals surface area (Å²) in [5, 5.41) is 12.9. The van der Waals surface area contributed by atoms with E-state index in [1.807, 2.05) is 12.1 Å². The smallest absolute Gasteiger partial charge is 0.380 e. The predicted octanol–water partition coefficient (Wildman–Crippen LogP) is 5.41. The second-order valence-corrected chi connectivity index (χ2v) is 13.5. The van der Waals surface area contributed by atoms with Gasteiger partial charge in [0, 0.05) is 31.2 Å². The molecule has 1 aliphatic heterocycles. The predicted molar refractivity (Wildman–Crippen MR) is 143 cm³/mol. The van der Waals surface area contributed by atoms with Gasteiger partial charge in [-0.05, 0) is 78.5 Å². The van der Waals surface area contributed by atoms with Crippen LogP contribution in [0.3, 0.4) is 0 Å². The van der Waals surface area contributed by atoms with Gasteiger partial charge in [-0.15, -0.1) is 0 Å². The summed E-state index contributed by atoms with van der Waals surface area (Å²) in [7, 11) is -3.28. The molecular weight excluding hydrogens is 529 g/mol. The molecule has 1 fully saturated rings. The summed E-state index contributed by atoms with van der Waals surface area (Å²) in [6.07, 6.45) is -4.48. The van der Waals surface area contributed by atoms with Crippen molar-refractivity contribution in [1.29, 1.82) is 0 Å². The van der Waals surface area contributed by atoms with E-state index in [4.69, 9.17) is 0 Å². The standard InChI is InChI=1S/C29H37F3N2O4S/c1-4-39(37,38)24-8-5-20(6-9-24)16-33-27(35)22-7-10-25-23(15-22)18-34(26(25)19(2)3)17-21-11-13-28(36,14-12-21)29(30,31)32/h5-10,15,19,21,26,36H,4,11-14,16-18H2,1-3H3,(H,33,35)/t21?,26-,28?/m0/s1. The molecule has 2 aromatic rings. The Kier molecular flexibility index (Phi) is 8.50. The Morgan fingerprint density at radius 1 is 1.13 bits per heavy atom. The van der Waals surface area contributed by atoms with Crippen molar-refractivity contribution in [1.82, 2.24) is 10.2 Å². The molecule has 0 bridgehead atoms. The average molecular weight is 567 g/mol. The number of fused-ring (bicyclic) bond motifs is 1. The number of rotatable bonds is 8. The van der Waals surface area contributed by atoms with E-state index < -0.39 is 21.6 Å². The van der Waals surface area contributed by atoms with Crippen LogP contribution in [0.25, 0.3) is 0 Å². The first-order valence-electron chi connectivity index (χ1n) is 13.5. The molecule has 0 spiro atoms. The number of benzene rings is 2. The van der Waals surface area contributed by atoms with Crippen LogP contribution < -0.4 is 5.32 Å². The highest BCUT2D eigenvalue weighted by molar-refractivity contribution is 7.91. The number of sulfone groups is 1. The van der Waals surface area contributed by atoms with E-state index >= 15 is 0 Å². The zero-order chi connectivity index (χ0) is 28.6. The molecule has 0 unspecified atom stereocenters. The molecule has 1 atom stereocenters. The number of halogens is 3. The van der Waals surface area contributed by atoms with Gasteiger partial charge in [-0.2, -0.15) is 13.2 Å². The molecular formula is C29H37F3N2O4S. The molecule has 0 aromatic heterocycles. The average Bonchev–Trinajstić information content (AvgIpc) is 3.25. The van der Waals surface area contributed by atoms with E-state index in [0.29, 0.717) is 31.5 Å². The van der Waals surface area contributed by atoms with Crippen LogP contribution in [0, 0.1) is 11.8 Å². The maximum atomic E-state index is 13.2. The lowest BCUT2D eigenvalue weighted by atomic mass is 9.78. The Bertz CT molecular complexity index is 1280. The Labute approximate surface area is 228 Å². The fourth-order valence-electron chi connectivity index (χ4n) is 5.86. The SMILES string of the molecule is CCS(=O)(=O)c1ccc(CNC(=O)c2ccc3c(c2)CN(CC2CCC(O)(C(F)(F)F)CC2)[C@H]3C(C)C)cc1. The minimum Gasteiger partial charge on any atom is -0.380 e. The molecule has 4 rings (SSSR count). The van der Waals surface area contributed by atoms with E-state index in [2.05, 4.69) is 24.1 Å². The minimum absolute atomic E-state index is 0.0264. The highest BCUT2D eigenvalue weighted by Crippen LogP contribution is 2.45. The van der Waals surface area contributed by atoms with Crippen molar-refractivity contribution in [3.63, 3.8) is 0 Å². The molecule has 2 N–H and O–H groups in total. The molecule has 39 heavy (non-hydrogen) atoms. The zero-order valence-electron chi connectivity index (χ0n) is 22.6.